The van der Waals surface area contributed by atoms with E-state index in [2.05, 4.69) is 27.2 Å². The van der Waals surface area contributed by atoms with Gasteiger partial charge in [-0.05, 0) is 69.6 Å². The third kappa shape index (κ3) is 4.43. The molecule has 3 aromatic rings. The predicted molar refractivity (Wildman–Crippen MR) is 115 cm³/mol. The second-order valence-corrected chi connectivity index (χ2v) is 7.93. The minimum Gasteiger partial charge on any atom is -0.493 e. The predicted octanol–water partition coefficient (Wildman–Crippen LogP) is 5.34. The number of rotatable bonds is 6. The lowest BCUT2D eigenvalue weighted by molar-refractivity contribution is 0.232. The zero-order valence-corrected chi connectivity index (χ0v) is 17.3. The van der Waals surface area contributed by atoms with Crippen molar-refractivity contribution in [1.82, 2.24) is 14.9 Å². The van der Waals surface area contributed by atoms with Crippen LogP contribution in [0, 0.1) is 12.7 Å². The van der Waals surface area contributed by atoms with Gasteiger partial charge in [0.05, 0.1) is 17.1 Å². The summed E-state index contributed by atoms with van der Waals surface area (Å²) in [5.41, 5.74) is 2.47. The number of anilines is 2. The van der Waals surface area contributed by atoms with Crippen molar-refractivity contribution in [1.29, 1.82) is 0 Å². The third-order valence-electron chi connectivity index (χ3n) is 5.49. The molecular weight excluding hydrogens is 391 g/mol. The lowest BCUT2D eigenvalue weighted by Gasteiger charge is -2.19. The highest BCUT2D eigenvalue weighted by molar-refractivity contribution is 6.31. The Morgan fingerprint density at radius 3 is 2.90 bits per heavy atom. The first kappa shape index (κ1) is 19.9. The molecule has 0 bridgehead atoms. The summed E-state index contributed by atoms with van der Waals surface area (Å²) in [5.74, 6) is 1.03. The fourth-order valence-electron chi connectivity index (χ4n) is 3.81. The lowest BCUT2D eigenvalue weighted by atomic mass is 10.1. The van der Waals surface area contributed by atoms with Crippen molar-refractivity contribution in [3.63, 3.8) is 0 Å². The molecule has 2 heterocycles. The van der Waals surface area contributed by atoms with Gasteiger partial charge in [-0.1, -0.05) is 11.6 Å². The van der Waals surface area contributed by atoms with E-state index in [4.69, 9.17) is 16.3 Å². The Hall–Kier alpha value is -2.44. The van der Waals surface area contributed by atoms with E-state index in [0.717, 1.165) is 28.6 Å². The number of nitrogens with zero attached hydrogens (tertiary/aromatic N) is 3. The molecule has 4 rings (SSSR count). The monoisotopic (exact) mass is 414 g/mol. The van der Waals surface area contributed by atoms with Gasteiger partial charge in [-0.2, -0.15) is 0 Å². The summed E-state index contributed by atoms with van der Waals surface area (Å²) in [5, 5.41) is 4.13. The number of nitrogens with one attached hydrogen (secondary N) is 1. The summed E-state index contributed by atoms with van der Waals surface area (Å²) in [6.07, 6.45) is 5.03. The van der Waals surface area contributed by atoms with E-state index >= 15 is 0 Å². The van der Waals surface area contributed by atoms with Gasteiger partial charge in [-0.15, -0.1) is 0 Å². The minimum absolute atomic E-state index is 0.0631. The number of benzene rings is 2. The number of hydrogen-bond acceptors (Lipinski definition) is 5. The van der Waals surface area contributed by atoms with Crippen molar-refractivity contribution in [2.75, 3.05) is 25.5 Å². The number of aryl methyl sites for hydroxylation is 1. The van der Waals surface area contributed by atoms with Crippen molar-refractivity contribution in [3.8, 4) is 5.75 Å². The Morgan fingerprint density at radius 1 is 1.28 bits per heavy atom. The molecule has 1 unspecified atom stereocenters. The third-order valence-corrected chi connectivity index (χ3v) is 5.78. The highest BCUT2D eigenvalue weighted by atomic mass is 35.5. The number of hydrogen-bond donors (Lipinski definition) is 1. The van der Waals surface area contributed by atoms with Gasteiger partial charge in [0.2, 0.25) is 0 Å². The maximum atomic E-state index is 13.4. The first-order chi connectivity index (χ1) is 14.0. The molecule has 152 valence electrons. The van der Waals surface area contributed by atoms with Gasteiger partial charge in [0.1, 0.15) is 23.7 Å². The van der Waals surface area contributed by atoms with Crippen LogP contribution in [0.4, 0.5) is 15.9 Å². The molecule has 1 aromatic heterocycles. The van der Waals surface area contributed by atoms with Crippen LogP contribution in [0.5, 0.6) is 5.75 Å². The molecule has 0 aliphatic carbocycles. The van der Waals surface area contributed by atoms with Crippen LogP contribution in [0.2, 0.25) is 5.02 Å². The molecular formula is C22H24ClFN4O. The van der Waals surface area contributed by atoms with E-state index in [-0.39, 0.29) is 5.02 Å². The molecule has 1 N–H and O–H groups in total. The van der Waals surface area contributed by atoms with E-state index in [9.17, 15) is 4.39 Å². The van der Waals surface area contributed by atoms with Crippen molar-refractivity contribution < 1.29 is 9.13 Å². The molecule has 7 heteroatoms. The first-order valence-electron chi connectivity index (χ1n) is 9.82. The van der Waals surface area contributed by atoms with Crippen molar-refractivity contribution in [2.45, 2.75) is 32.2 Å². The highest BCUT2D eigenvalue weighted by Gasteiger charge is 2.20. The summed E-state index contributed by atoms with van der Waals surface area (Å²) >= 11 is 5.88. The molecule has 1 saturated heterocycles. The summed E-state index contributed by atoms with van der Waals surface area (Å²) in [4.78, 5) is 11.1. The standard InChI is InChI=1S/C22H24ClFN4O/c1-14-10-17-20(12-21(14)29-9-7-16-4-3-8-28(16)2)25-13-26-22(17)27-15-5-6-19(24)18(23)11-15/h5-6,10-13,16H,3-4,7-9H2,1-2H3,(H,25,26,27). The van der Waals surface area contributed by atoms with Crippen LogP contribution < -0.4 is 10.1 Å². The van der Waals surface area contributed by atoms with Gasteiger partial charge in [0.25, 0.3) is 0 Å². The van der Waals surface area contributed by atoms with Crippen molar-refractivity contribution in [3.05, 3.63) is 53.1 Å². The lowest BCUT2D eigenvalue weighted by Crippen LogP contribution is -2.26. The zero-order valence-electron chi connectivity index (χ0n) is 16.6. The average Bonchev–Trinajstić information content (AvgIpc) is 3.10. The van der Waals surface area contributed by atoms with Crippen molar-refractivity contribution >= 4 is 34.0 Å². The summed E-state index contributed by atoms with van der Waals surface area (Å²) in [6, 6.07) is 9.06. The number of fused-ring (bicyclic) bond motifs is 1. The van der Waals surface area contributed by atoms with E-state index in [0.29, 0.717) is 24.2 Å². The molecule has 0 spiro atoms. The topological polar surface area (TPSA) is 50.3 Å². The van der Waals surface area contributed by atoms with E-state index in [1.165, 1.54) is 37.8 Å². The second kappa shape index (κ2) is 8.51. The van der Waals surface area contributed by atoms with E-state index in [1.54, 1.807) is 6.07 Å². The normalized spacial score (nSPS) is 17.0. The average molecular weight is 415 g/mol. The molecule has 1 fully saturated rings. The smallest absolute Gasteiger partial charge is 0.141 e. The molecule has 0 saturated carbocycles. The number of ether oxygens (including phenoxy) is 1. The Bertz CT molecular complexity index is 1030. The Labute approximate surface area is 174 Å². The minimum atomic E-state index is -0.453. The fraction of sp³-hybridized carbons (Fsp3) is 0.364. The molecule has 29 heavy (non-hydrogen) atoms. The molecule has 5 nitrogen and oxygen atoms in total. The SMILES string of the molecule is Cc1cc2c(Nc3ccc(F)c(Cl)c3)ncnc2cc1OCCC1CCCN1C. The number of aromatic nitrogens is 2. The van der Waals surface area contributed by atoms with Gasteiger partial charge in [0, 0.05) is 23.2 Å². The highest BCUT2D eigenvalue weighted by Crippen LogP contribution is 2.30. The van der Waals surface area contributed by atoms with Crippen LogP contribution in [-0.2, 0) is 0 Å². The maximum absolute atomic E-state index is 13.4. The Kier molecular flexibility index (Phi) is 5.83. The molecule has 0 radical (unpaired) electrons. The molecule has 0 amide bonds. The van der Waals surface area contributed by atoms with Crippen LogP contribution in [0.25, 0.3) is 10.9 Å². The van der Waals surface area contributed by atoms with E-state index in [1.807, 2.05) is 19.1 Å². The van der Waals surface area contributed by atoms with Crippen LogP contribution in [0.1, 0.15) is 24.8 Å². The van der Waals surface area contributed by atoms with Crippen LogP contribution in [0.3, 0.4) is 0 Å². The summed E-state index contributed by atoms with van der Waals surface area (Å²) < 4.78 is 19.5. The van der Waals surface area contributed by atoms with Gasteiger partial charge in [0.15, 0.2) is 0 Å². The van der Waals surface area contributed by atoms with Gasteiger partial charge in [-0.25, -0.2) is 14.4 Å². The van der Waals surface area contributed by atoms with E-state index < -0.39 is 5.82 Å². The van der Waals surface area contributed by atoms with Gasteiger partial charge >= 0.3 is 0 Å². The van der Waals surface area contributed by atoms with Crippen LogP contribution in [0.15, 0.2) is 36.7 Å². The first-order valence-corrected chi connectivity index (χ1v) is 10.2. The van der Waals surface area contributed by atoms with Gasteiger partial charge < -0.3 is 15.0 Å². The Morgan fingerprint density at radius 2 is 2.14 bits per heavy atom. The molecule has 1 aliphatic heterocycles. The quantitative estimate of drug-likeness (QED) is 0.590. The zero-order chi connectivity index (χ0) is 20.4. The number of halogens is 2. The fourth-order valence-corrected chi connectivity index (χ4v) is 3.99. The molecule has 2 aromatic carbocycles. The Balaban J connectivity index is 1.52. The van der Waals surface area contributed by atoms with Crippen molar-refractivity contribution in [2.24, 2.45) is 0 Å². The maximum Gasteiger partial charge on any atom is 0.141 e. The summed E-state index contributed by atoms with van der Waals surface area (Å²) in [7, 11) is 2.18. The second-order valence-electron chi connectivity index (χ2n) is 7.52. The van der Waals surface area contributed by atoms with Crippen LogP contribution in [-0.4, -0.2) is 41.1 Å². The number of likely N-dealkylation sites (tertiary alicyclic amines) is 1. The largest absolute Gasteiger partial charge is 0.493 e. The molecule has 1 atom stereocenters. The summed E-state index contributed by atoms with van der Waals surface area (Å²) in [6.45, 7) is 3.87. The van der Waals surface area contributed by atoms with Crippen LogP contribution >= 0.6 is 11.6 Å². The van der Waals surface area contributed by atoms with Gasteiger partial charge in [-0.3, -0.25) is 0 Å². The molecule has 1 aliphatic rings.